The first kappa shape index (κ1) is 10.9. The number of aromatic nitrogens is 2. The van der Waals surface area contributed by atoms with E-state index in [0.717, 1.165) is 19.4 Å². The quantitative estimate of drug-likeness (QED) is 0.768. The number of anilines is 1. The number of nitrogens with zero attached hydrogens (tertiary/aromatic N) is 3. The molecule has 0 spiro atoms. The van der Waals surface area contributed by atoms with Crippen molar-refractivity contribution in [2.24, 2.45) is 0 Å². The van der Waals surface area contributed by atoms with Gasteiger partial charge in [0.05, 0.1) is 12.4 Å². The summed E-state index contributed by atoms with van der Waals surface area (Å²) < 4.78 is 0. The van der Waals surface area contributed by atoms with Crippen LogP contribution in [0.25, 0.3) is 0 Å². The predicted octanol–water partition coefficient (Wildman–Crippen LogP) is 1.07. The fourth-order valence-corrected chi connectivity index (χ4v) is 2.11. The summed E-state index contributed by atoms with van der Waals surface area (Å²) in [6, 6.07) is 0. The van der Waals surface area contributed by atoms with E-state index in [2.05, 4.69) is 23.8 Å². The molecule has 1 aromatic rings. The minimum atomic E-state index is -0.0939. The van der Waals surface area contributed by atoms with Crippen LogP contribution in [0.4, 0.5) is 5.82 Å². The lowest BCUT2D eigenvalue weighted by atomic mass is 10.0. The minimum Gasteiger partial charge on any atom is -0.382 e. The van der Waals surface area contributed by atoms with Gasteiger partial charge >= 0.3 is 0 Å². The van der Waals surface area contributed by atoms with Gasteiger partial charge in [-0.3, -0.25) is 9.78 Å². The van der Waals surface area contributed by atoms with Crippen molar-refractivity contribution in [3.63, 3.8) is 0 Å². The van der Waals surface area contributed by atoms with Gasteiger partial charge in [0.1, 0.15) is 11.5 Å². The van der Waals surface area contributed by atoms with Crippen LogP contribution >= 0.6 is 0 Å². The molecule has 0 aromatic carbocycles. The number of carbonyl (C=O) groups is 1. The Kier molecular flexibility index (Phi) is 2.53. The highest BCUT2D eigenvalue weighted by Crippen LogP contribution is 2.29. The average Bonchev–Trinajstić information content (AvgIpc) is 2.57. The monoisotopic (exact) mass is 220 g/mol. The molecule has 1 fully saturated rings. The van der Waals surface area contributed by atoms with Gasteiger partial charge in [-0.05, 0) is 26.7 Å². The van der Waals surface area contributed by atoms with Crippen LogP contribution < -0.4 is 5.73 Å². The van der Waals surface area contributed by atoms with Crippen molar-refractivity contribution in [2.75, 3.05) is 12.3 Å². The predicted molar refractivity (Wildman–Crippen MR) is 60.8 cm³/mol. The van der Waals surface area contributed by atoms with Crippen LogP contribution in [0.1, 0.15) is 37.2 Å². The zero-order valence-corrected chi connectivity index (χ0v) is 9.60. The molecule has 2 heterocycles. The first-order valence-electron chi connectivity index (χ1n) is 5.40. The van der Waals surface area contributed by atoms with E-state index in [1.807, 2.05) is 4.90 Å². The normalized spacial score (nSPS) is 18.8. The maximum atomic E-state index is 12.2. The number of carbonyl (C=O) groups excluding carboxylic acids is 1. The van der Waals surface area contributed by atoms with Gasteiger partial charge in [-0.1, -0.05) is 0 Å². The van der Waals surface area contributed by atoms with Gasteiger partial charge in [0.2, 0.25) is 0 Å². The standard InChI is InChI=1S/C11H16N4O/c1-11(2)4-3-5-15(11)10(16)8-6-13-7-9(12)14-8/h6-7H,3-5H2,1-2H3,(H2,12,14). The minimum absolute atomic E-state index is 0.0812. The Morgan fingerprint density at radius 3 is 2.81 bits per heavy atom. The summed E-state index contributed by atoms with van der Waals surface area (Å²) in [5.41, 5.74) is 5.75. The zero-order valence-electron chi connectivity index (χ0n) is 9.60. The van der Waals surface area contributed by atoms with Crippen LogP contribution in [-0.4, -0.2) is 32.9 Å². The van der Waals surface area contributed by atoms with E-state index in [4.69, 9.17) is 5.73 Å². The van der Waals surface area contributed by atoms with Crippen molar-refractivity contribution in [2.45, 2.75) is 32.2 Å². The summed E-state index contributed by atoms with van der Waals surface area (Å²) in [4.78, 5) is 21.9. The SMILES string of the molecule is CC1(C)CCCN1C(=O)c1cncc(N)n1. The molecule has 1 saturated heterocycles. The Morgan fingerprint density at radius 1 is 1.50 bits per heavy atom. The van der Waals surface area contributed by atoms with E-state index in [-0.39, 0.29) is 17.3 Å². The molecule has 0 aliphatic carbocycles. The number of nitrogens with two attached hydrogens (primary N) is 1. The Bertz CT molecular complexity index is 416. The van der Waals surface area contributed by atoms with Crippen LogP contribution in [0.5, 0.6) is 0 Å². The first-order chi connectivity index (χ1) is 7.50. The van der Waals surface area contributed by atoms with Crippen LogP contribution in [0.15, 0.2) is 12.4 Å². The molecule has 0 saturated carbocycles. The van der Waals surface area contributed by atoms with E-state index in [0.29, 0.717) is 5.69 Å². The van der Waals surface area contributed by atoms with Gasteiger partial charge in [-0.15, -0.1) is 0 Å². The van der Waals surface area contributed by atoms with E-state index in [1.54, 1.807) is 0 Å². The molecule has 1 aromatic heterocycles. The van der Waals surface area contributed by atoms with Gasteiger partial charge < -0.3 is 10.6 Å². The van der Waals surface area contributed by atoms with Crippen LogP contribution in [0.2, 0.25) is 0 Å². The third-order valence-corrected chi connectivity index (χ3v) is 3.02. The van der Waals surface area contributed by atoms with Crippen LogP contribution in [-0.2, 0) is 0 Å². The molecule has 5 heteroatoms. The Balaban J connectivity index is 2.26. The second-order valence-electron chi connectivity index (χ2n) is 4.70. The molecule has 1 amide bonds. The van der Waals surface area contributed by atoms with Gasteiger partial charge in [-0.2, -0.15) is 0 Å². The van der Waals surface area contributed by atoms with Gasteiger partial charge in [0, 0.05) is 12.1 Å². The lowest BCUT2D eigenvalue weighted by Gasteiger charge is -2.31. The van der Waals surface area contributed by atoms with Crippen LogP contribution in [0, 0.1) is 0 Å². The van der Waals surface area contributed by atoms with Crippen molar-refractivity contribution >= 4 is 11.7 Å². The fourth-order valence-electron chi connectivity index (χ4n) is 2.11. The average molecular weight is 220 g/mol. The van der Waals surface area contributed by atoms with Crippen molar-refractivity contribution in [3.05, 3.63) is 18.1 Å². The third kappa shape index (κ3) is 1.85. The van der Waals surface area contributed by atoms with E-state index < -0.39 is 0 Å². The highest BCUT2D eigenvalue weighted by Gasteiger charge is 2.36. The molecule has 2 N–H and O–H groups in total. The van der Waals surface area contributed by atoms with Gasteiger partial charge in [-0.25, -0.2) is 4.98 Å². The summed E-state index contributed by atoms with van der Waals surface area (Å²) in [5, 5.41) is 0. The first-order valence-corrected chi connectivity index (χ1v) is 5.40. The van der Waals surface area contributed by atoms with E-state index in [1.165, 1.54) is 12.4 Å². The second kappa shape index (κ2) is 3.73. The molecule has 1 aliphatic heterocycles. The smallest absolute Gasteiger partial charge is 0.274 e. The Morgan fingerprint density at radius 2 is 2.25 bits per heavy atom. The van der Waals surface area contributed by atoms with Crippen molar-refractivity contribution in [1.29, 1.82) is 0 Å². The molecule has 16 heavy (non-hydrogen) atoms. The third-order valence-electron chi connectivity index (χ3n) is 3.02. The largest absolute Gasteiger partial charge is 0.382 e. The van der Waals surface area contributed by atoms with E-state index in [9.17, 15) is 4.79 Å². The molecule has 1 aliphatic rings. The topological polar surface area (TPSA) is 72.1 Å². The summed E-state index contributed by atoms with van der Waals surface area (Å²) in [7, 11) is 0. The summed E-state index contributed by atoms with van der Waals surface area (Å²) in [5.74, 6) is 0.199. The van der Waals surface area contributed by atoms with Crippen molar-refractivity contribution in [3.8, 4) is 0 Å². The number of amides is 1. The molecular weight excluding hydrogens is 204 g/mol. The second-order valence-corrected chi connectivity index (χ2v) is 4.70. The highest BCUT2D eigenvalue weighted by atomic mass is 16.2. The van der Waals surface area contributed by atoms with Crippen LogP contribution in [0.3, 0.4) is 0 Å². The summed E-state index contributed by atoms with van der Waals surface area (Å²) >= 11 is 0. The van der Waals surface area contributed by atoms with Gasteiger partial charge in [0.25, 0.3) is 5.91 Å². The molecule has 0 unspecified atom stereocenters. The van der Waals surface area contributed by atoms with Crippen molar-refractivity contribution < 1.29 is 4.79 Å². The number of hydrogen-bond acceptors (Lipinski definition) is 4. The lowest BCUT2D eigenvalue weighted by Crippen LogP contribution is -2.43. The summed E-state index contributed by atoms with van der Waals surface area (Å²) in [6.45, 7) is 4.91. The summed E-state index contributed by atoms with van der Waals surface area (Å²) in [6.07, 6.45) is 4.96. The maximum Gasteiger partial charge on any atom is 0.274 e. The number of hydrogen-bond donors (Lipinski definition) is 1. The molecule has 0 radical (unpaired) electrons. The number of likely N-dealkylation sites (tertiary alicyclic amines) is 1. The molecular formula is C11H16N4O. The molecule has 86 valence electrons. The molecule has 5 nitrogen and oxygen atoms in total. The molecule has 0 atom stereocenters. The highest BCUT2D eigenvalue weighted by molar-refractivity contribution is 5.93. The zero-order chi connectivity index (χ0) is 11.8. The molecule has 0 bridgehead atoms. The maximum absolute atomic E-state index is 12.2. The Labute approximate surface area is 94.7 Å². The number of nitrogen functional groups attached to an aromatic ring is 1. The van der Waals surface area contributed by atoms with Gasteiger partial charge in [0.15, 0.2) is 0 Å². The number of rotatable bonds is 1. The molecule has 2 rings (SSSR count). The van der Waals surface area contributed by atoms with Crippen molar-refractivity contribution in [1.82, 2.24) is 14.9 Å². The fraction of sp³-hybridized carbons (Fsp3) is 0.545. The Hall–Kier alpha value is -1.65. The lowest BCUT2D eigenvalue weighted by molar-refractivity contribution is 0.0645. The van der Waals surface area contributed by atoms with E-state index >= 15 is 0 Å².